The fourth-order valence-corrected chi connectivity index (χ4v) is 2.97. The Morgan fingerprint density at radius 3 is 2.52 bits per heavy atom. The molecular formula is C18H22N2O3. The van der Waals surface area contributed by atoms with Crippen LogP contribution in [0, 0.1) is 0 Å². The Kier molecular flexibility index (Phi) is 4.79. The van der Waals surface area contributed by atoms with E-state index in [1.54, 1.807) is 13.2 Å². The van der Waals surface area contributed by atoms with Crippen molar-refractivity contribution >= 4 is 5.91 Å². The summed E-state index contributed by atoms with van der Waals surface area (Å²) in [6.45, 7) is 5.29. The third-order valence-electron chi connectivity index (χ3n) is 4.13. The number of aliphatic hydroxyl groups is 1. The smallest absolute Gasteiger partial charge is 0.290 e. The fourth-order valence-electron chi connectivity index (χ4n) is 2.97. The Bertz CT molecular complexity index is 643. The van der Waals surface area contributed by atoms with Crippen molar-refractivity contribution in [2.45, 2.75) is 13.0 Å². The molecule has 0 aliphatic carbocycles. The number of piperazine rings is 1. The van der Waals surface area contributed by atoms with Gasteiger partial charge in [0.05, 0.1) is 12.4 Å². The zero-order valence-corrected chi connectivity index (χ0v) is 13.3. The Morgan fingerprint density at radius 2 is 1.87 bits per heavy atom. The second-order valence-corrected chi connectivity index (χ2v) is 5.97. The lowest BCUT2D eigenvalue weighted by atomic mass is 10.1. The highest BCUT2D eigenvalue weighted by Crippen LogP contribution is 2.26. The van der Waals surface area contributed by atoms with Gasteiger partial charge in [0.25, 0.3) is 5.91 Å². The van der Waals surface area contributed by atoms with Crippen LogP contribution in [-0.4, -0.2) is 59.6 Å². The van der Waals surface area contributed by atoms with Crippen molar-refractivity contribution in [1.82, 2.24) is 9.80 Å². The molecule has 1 N–H and O–H groups in total. The summed E-state index contributed by atoms with van der Waals surface area (Å²) in [5.41, 5.74) is 1.82. The maximum atomic E-state index is 12.7. The van der Waals surface area contributed by atoms with Crippen molar-refractivity contribution in [2.24, 2.45) is 0 Å². The number of β-amino-alcohol motifs (C(OH)–C–C–N with tert-alkyl or cyclic N) is 1. The van der Waals surface area contributed by atoms with Crippen LogP contribution in [0.3, 0.4) is 0 Å². The molecule has 0 unspecified atom stereocenters. The van der Waals surface area contributed by atoms with Crippen molar-refractivity contribution < 1.29 is 14.3 Å². The van der Waals surface area contributed by atoms with Crippen molar-refractivity contribution in [3.05, 3.63) is 48.4 Å². The first-order valence-electron chi connectivity index (χ1n) is 7.98. The summed E-state index contributed by atoms with van der Waals surface area (Å²) in [6, 6.07) is 11.6. The van der Waals surface area contributed by atoms with Crippen LogP contribution in [0.25, 0.3) is 11.1 Å². The van der Waals surface area contributed by atoms with E-state index in [1.165, 1.54) is 0 Å². The lowest BCUT2D eigenvalue weighted by Gasteiger charge is -2.34. The molecule has 1 aromatic carbocycles. The molecule has 2 aromatic rings. The summed E-state index contributed by atoms with van der Waals surface area (Å²) < 4.78 is 5.48. The molecule has 1 atom stereocenters. The van der Waals surface area contributed by atoms with Crippen molar-refractivity contribution in [3.63, 3.8) is 0 Å². The highest BCUT2D eigenvalue weighted by atomic mass is 16.3. The van der Waals surface area contributed by atoms with Crippen LogP contribution in [0.5, 0.6) is 0 Å². The van der Waals surface area contributed by atoms with Gasteiger partial charge in [-0.25, -0.2) is 0 Å². The summed E-state index contributed by atoms with van der Waals surface area (Å²) in [6.07, 6.45) is 1.23. The largest absolute Gasteiger partial charge is 0.459 e. The molecule has 1 amide bonds. The Morgan fingerprint density at radius 1 is 1.17 bits per heavy atom. The minimum Gasteiger partial charge on any atom is -0.459 e. The van der Waals surface area contributed by atoms with Gasteiger partial charge in [-0.15, -0.1) is 0 Å². The highest BCUT2D eigenvalue weighted by Gasteiger charge is 2.26. The molecule has 0 spiro atoms. The normalized spacial score (nSPS) is 17.2. The van der Waals surface area contributed by atoms with Gasteiger partial charge >= 0.3 is 0 Å². The summed E-state index contributed by atoms with van der Waals surface area (Å²) >= 11 is 0. The van der Waals surface area contributed by atoms with E-state index in [0.29, 0.717) is 25.4 Å². The van der Waals surface area contributed by atoms with Crippen molar-refractivity contribution in [2.75, 3.05) is 32.7 Å². The van der Waals surface area contributed by atoms with Crippen LogP contribution in [0.1, 0.15) is 17.5 Å². The lowest BCUT2D eigenvalue weighted by molar-refractivity contribution is 0.0529. The average Bonchev–Trinajstić information content (AvgIpc) is 3.05. The zero-order valence-electron chi connectivity index (χ0n) is 13.3. The predicted octanol–water partition coefficient (Wildman–Crippen LogP) is 2.09. The first-order chi connectivity index (χ1) is 11.1. The fraction of sp³-hybridized carbons (Fsp3) is 0.389. The number of rotatable bonds is 4. The van der Waals surface area contributed by atoms with Crippen LogP contribution >= 0.6 is 0 Å². The number of aliphatic hydroxyl groups excluding tert-OH is 1. The number of hydrogen-bond acceptors (Lipinski definition) is 4. The Labute approximate surface area is 136 Å². The maximum absolute atomic E-state index is 12.7. The predicted molar refractivity (Wildman–Crippen MR) is 88.2 cm³/mol. The molecule has 1 aromatic heterocycles. The first-order valence-corrected chi connectivity index (χ1v) is 7.98. The van der Waals surface area contributed by atoms with Gasteiger partial charge in [0.15, 0.2) is 5.76 Å². The summed E-state index contributed by atoms with van der Waals surface area (Å²) in [7, 11) is 0. The molecule has 0 radical (unpaired) electrons. The molecule has 2 heterocycles. The van der Waals surface area contributed by atoms with Crippen molar-refractivity contribution in [1.29, 1.82) is 0 Å². The molecule has 23 heavy (non-hydrogen) atoms. The molecule has 0 bridgehead atoms. The molecular weight excluding hydrogens is 292 g/mol. The average molecular weight is 314 g/mol. The van der Waals surface area contributed by atoms with E-state index >= 15 is 0 Å². The van der Waals surface area contributed by atoms with Crippen LogP contribution < -0.4 is 0 Å². The molecule has 5 heteroatoms. The van der Waals surface area contributed by atoms with Gasteiger partial charge in [0.2, 0.25) is 0 Å². The minimum atomic E-state index is -0.341. The van der Waals surface area contributed by atoms with E-state index in [-0.39, 0.29) is 12.0 Å². The number of carbonyl (C=O) groups is 1. The van der Waals surface area contributed by atoms with Gasteiger partial charge in [-0.1, -0.05) is 30.3 Å². The quantitative estimate of drug-likeness (QED) is 0.939. The number of carbonyl (C=O) groups excluding carboxylic acids is 1. The van der Waals surface area contributed by atoms with Crippen LogP contribution in [0.15, 0.2) is 47.1 Å². The monoisotopic (exact) mass is 314 g/mol. The molecule has 0 saturated carbocycles. The van der Waals surface area contributed by atoms with E-state index in [0.717, 1.165) is 24.2 Å². The molecule has 1 aliphatic heterocycles. The van der Waals surface area contributed by atoms with Crippen LogP contribution in [0.2, 0.25) is 0 Å². The van der Waals surface area contributed by atoms with E-state index in [9.17, 15) is 9.90 Å². The van der Waals surface area contributed by atoms with Gasteiger partial charge in [0.1, 0.15) is 0 Å². The standard InChI is InChI=1S/C18H22N2O3/c1-14(21)13-19-8-10-20(11-9-19)18(22)17-16(7-12-23-17)15-5-3-2-4-6-15/h2-7,12,14,21H,8-11,13H2,1H3/t14-/m1/s1. The van der Waals surface area contributed by atoms with E-state index in [1.807, 2.05) is 41.3 Å². The summed E-state index contributed by atoms with van der Waals surface area (Å²) in [5.74, 6) is 0.339. The van der Waals surface area contributed by atoms with Gasteiger partial charge < -0.3 is 14.4 Å². The van der Waals surface area contributed by atoms with Gasteiger partial charge in [-0.05, 0) is 18.6 Å². The summed E-state index contributed by atoms with van der Waals surface area (Å²) in [5, 5.41) is 9.46. The summed E-state index contributed by atoms with van der Waals surface area (Å²) in [4.78, 5) is 16.7. The van der Waals surface area contributed by atoms with Gasteiger partial charge in [0, 0.05) is 38.3 Å². The molecule has 1 aliphatic rings. The van der Waals surface area contributed by atoms with E-state index in [4.69, 9.17) is 4.42 Å². The minimum absolute atomic E-state index is 0.0643. The number of furan rings is 1. The maximum Gasteiger partial charge on any atom is 0.290 e. The second kappa shape index (κ2) is 6.98. The molecule has 122 valence electrons. The lowest BCUT2D eigenvalue weighted by Crippen LogP contribution is -2.50. The Hall–Kier alpha value is -2.11. The Balaban J connectivity index is 1.70. The SMILES string of the molecule is C[C@@H](O)CN1CCN(C(=O)c2occc2-c2ccccc2)CC1. The number of nitrogens with zero attached hydrogens (tertiary/aromatic N) is 2. The molecule has 5 nitrogen and oxygen atoms in total. The number of hydrogen-bond donors (Lipinski definition) is 1. The van der Waals surface area contributed by atoms with Crippen LogP contribution in [-0.2, 0) is 0 Å². The number of benzene rings is 1. The highest BCUT2D eigenvalue weighted by molar-refractivity contribution is 5.98. The van der Waals surface area contributed by atoms with Crippen LogP contribution in [0.4, 0.5) is 0 Å². The molecule has 1 fully saturated rings. The topological polar surface area (TPSA) is 56.9 Å². The first kappa shape index (κ1) is 15.8. The van der Waals surface area contributed by atoms with Gasteiger partial charge in [-0.2, -0.15) is 0 Å². The third kappa shape index (κ3) is 3.63. The molecule has 3 rings (SSSR count). The zero-order chi connectivity index (χ0) is 16.2. The van der Waals surface area contributed by atoms with Crippen molar-refractivity contribution in [3.8, 4) is 11.1 Å². The third-order valence-corrected chi connectivity index (χ3v) is 4.13. The number of amides is 1. The van der Waals surface area contributed by atoms with E-state index < -0.39 is 0 Å². The second-order valence-electron chi connectivity index (χ2n) is 5.97. The van der Waals surface area contributed by atoms with E-state index in [2.05, 4.69) is 4.90 Å². The van der Waals surface area contributed by atoms with Gasteiger partial charge in [-0.3, -0.25) is 9.69 Å². The molecule has 1 saturated heterocycles.